The zero-order chi connectivity index (χ0) is 15.2. The number of benzene rings is 1. The minimum Gasteiger partial charge on any atom is -0.393 e. The highest BCUT2D eigenvalue weighted by molar-refractivity contribution is 5.94. The number of hydrogen-bond acceptors (Lipinski definition) is 4. The Morgan fingerprint density at radius 1 is 1.33 bits per heavy atom. The SMILES string of the molecule is CC(C)C(O)CCNC(=O)c1ccc(-n2ccnn2)cc1. The van der Waals surface area contributed by atoms with E-state index in [0.29, 0.717) is 18.5 Å². The van der Waals surface area contributed by atoms with Crippen LogP contribution in [-0.2, 0) is 0 Å². The van der Waals surface area contributed by atoms with Crippen LogP contribution in [0.5, 0.6) is 0 Å². The first kappa shape index (κ1) is 15.2. The lowest BCUT2D eigenvalue weighted by Crippen LogP contribution is -2.28. The normalized spacial score (nSPS) is 12.4. The van der Waals surface area contributed by atoms with Gasteiger partial charge in [0.05, 0.1) is 24.2 Å². The van der Waals surface area contributed by atoms with Gasteiger partial charge in [-0.3, -0.25) is 4.79 Å². The number of aliphatic hydroxyl groups is 1. The maximum Gasteiger partial charge on any atom is 0.251 e. The van der Waals surface area contributed by atoms with Crippen LogP contribution < -0.4 is 5.32 Å². The smallest absolute Gasteiger partial charge is 0.251 e. The van der Waals surface area contributed by atoms with Gasteiger partial charge in [0.1, 0.15) is 0 Å². The van der Waals surface area contributed by atoms with Gasteiger partial charge in [0.2, 0.25) is 0 Å². The molecule has 0 aliphatic carbocycles. The fourth-order valence-electron chi connectivity index (χ4n) is 1.88. The Kier molecular flexibility index (Phi) is 5.05. The summed E-state index contributed by atoms with van der Waals surface area (Å²) < 4.78 is 1.63. The number of aromatic nitrogens is 3. The Morgan fingerprint density at radius 2 is 2.05 bits per heavy atom. The van der Waals surface area contributed by atoms with Crippen LogP contribution in [0.15, 0.2) is 36.7 Å². The molecule has 0 bridgehead atoms. The van der Waals surface area contributed by atoms with Gasteiger partial charge in [-0.1, -0.05) is 19.1 Å². The molecule has 1 heterocycles. The van der Waals surface area contributed by atoms with Gasteiger partial charge in [-0.25, -0.2) is 4.68 Å². The number of hydrogen-bond donors (Lipinski definition) is 2. The maximum absolute atomic E-state index is 12.0. The third kappa shape index (κ3) is 4.13. The molecule has 0 saturated carbocycles. The molecule has 2 N–H and O–H groups in total. The van der Waals surface area contributed by atoms with Crippen LogP contribution in [0.3, 0.4) is 0 Å². The van der Waals surface area contributed by atoms with Crippen LogP contribution in [0.1, 0.15) is 30.6 Å². The van der Waals surface area contributed by atoms with Crippen LogP contribution in [0, 0.1) is 5.92 Å². The number of nitrogens with zero attached hydrogens (tertiary/aromatic N) is 3. The predicted octanol–water partition coefficient (Wildman–Crippen LogP) is 1.40. The van der Waals surface area contributed by atoms with Crippen molar-refractivity contribution in [1.82, 2.24) is 20.3 Å². The van der Waals surface area contributed by atoms with Crippen LogP contribution in [0.25, 0.3) is 5.69 Å². The lowest BCUT2D eigenvalue weighted by Gasteiger charge is -2.14. The third-order valence-corrected chi connectivity index (χ3v) is 3.31. The van der Waals surface area contributed by atoms with E-state index in [-0.39, 0.29) is 17.9 Å². The lowest BCUT2D eigenvalue weighted by atomic mass is 10.0. The van der Waals surface area contributed by atoms with E-state index >= 15 is 0 Å². The molecule has 1 aromatic carbocycles. The van der Waals surface area contributed by atoms with Crippen molar-refractivity contribution in [2.45, 2.75) is 26.4 Å². The van der Waals surface area contributed by atoms with Gasteiger partial charge >= 0.3 is 0 Å². The van der Waals surface area contributed by atoms with Crippen molar-refractivity contribution >= 4 is 5.91 Å². The quantitative estimate of drug-likeness (QED) is 0.842. The Morgan fingerprint density at radius 3 is 2.62 bits per heavy atom. The topological polar surface area (TPSA) is 80.0 Å². The fraction of sp³-hybridized carbons (Fsp3) is 0.400. The molecule has 2 aromatic rings. The number of nitrogens with one attached hydrogen (secondary N) is 1. The van der Waals surface area contributed by atoms with Gasteiger partial charge in [-0.15, -0.1) is 5.10 Å². The number of amides is 1. The molecule has 2 rings (SSSR count). The predicted molar refractivity (Wildman–Crippen MR) is 79.2 cm³/mol. The van der Waals surface area contributed by atoms with E-state index in [2.05, 4.69) is 15.6 Å². The zero-order valence-electron chi connectivity index (χ0n) is 12.2. The van der Waals surface area contributed by atoms with Crippen molar-refractivity contribution in [3.63, 3.8) is 0 Å². The second kappa shape index (κ2) is 6.99. The standard InChI is InChI=1S/C15H20N4O2/c1-11(2)14(20)7-8-16-15(21)12-3-5-13(6-4-12)19-10-9-17-18-19/h3-6,9-11,14,20H,7-8H2,1-2H3,(H,16,21). The first-order valence-corrected chi connectivity index (χ1v) is 7.01. The van der Waals surface area contributed by atoms with Crippen molar-refractivity contribution in [1.29, 1.82) is 0 Å². The molecule has 0 aliphatic rings. The second-order valence-corrected chi connectivity index (χ2v) is 5.25. The van der Waals surface area contributed by atoms with Gasteiger partial charge < -0.3 is 10.4 Å². The van der Waals surface area contributed by atoms with E-state index in [4.69, 9.17) is 0 Å². The molecule has 1 atom stereocenters. The van der Waals surface area contributed by atoms with Crippen molar-refractivity contribution < 1.29 is 9.90 Å². The Labute approximate surface area is 123 Å². The fourth-order valence-corrected chi connectivity index (χ4v) is 1.88. The number of carbonyl (C=O) groups excluding carboxylic acids is 1. The molecule has 1 unspecified atom stereocenters. The van der Waals surface area contributed by atoms with E-state index in [1.54, 1.807) is 29.2 Å². The minimum atomic E-state index is -0.389. The summed E-state index contributed by atoms with van der Waals surface area (Å²) in [6, 6.07) is 7.11. The molecule has 0 spiro atoms. The van der Waals surface area contributed by atoms with Gasteiger partial charge in [0.25, 0.3) is 5.91 Å². The zero-order valence-corrected chi connectivity index (χ0v) is 12.2. The lowest BCUT2D eigenvalue weighted by molar-refractivity contribution is 0.0920. The Hall–Kier alpha value is -2.21. The van der Waals surface area contributed by atoms with E-state index in [1.807, 2.05) is 26.0 Å². The first-order valence-electron chi connectivity index (χ1n) is 7.01. The summed E-state index contributed by atoms with van der Waals surface area (Å²) in [5, 5.41) is 20.1. The Balaban J connectivity index is 1.88. The summed E-state index contributed by atoms with van der Waals surface area (Å²) in [4.78, 5) is 12.0. The first-order chi connectivity index (χ1) is 10.1. The average molecular weight is 288 g/mol. The van der Waals surface area contributed by atoms with E-state index < -0.39 is 0 Å². The van der Waals surface area contributed by atoms with Crippen molar-refractivity contribution in [3.05, 3.63) is 42.2 Å². The molecule has 1 aromatic heterocycles. The maximum atomic E-state index is 12.0. The van der Waals surface area contributed by atoms with Crippen LogP contribution in [0.2, 0.25) is 0 Å². The molecule has 0 radical (unpaired) electrons. The number of rotatable bonds is 6. The van der Waals surface area contributed by atoms with E-state index in [0.717, 1.165) is 5.69 Å². The van der Waals surface area contributed by atoms with Gasteiger partial charge in [0.15, 0.2) is 0 Å². The summed E-state index contributed by atoms with van der Waals surface area (Å²) >= 11 is 0. The molecule has 112 valence electrons. The summed E-state index contributed by atoms with van der Waals surface area (Å²) in [5.74, 6) is 0.0555. The molecule has 6 nitrogen and oxygen atoms in total. The monoisotopic (exact) mass is 288 g/mol. The molecule has 0 aliphatic heterocycles. The molecule has 0 saturated heterocycles. The van der Waals surface area contributed by atoms with E-state index in [9.17, 15) is 9.90 Å². The number of aliphatic hydroxyl groups excluding tert-OH is 1. The third-order valence-electron chi connectivity index (χ3n) is 3.31. The average Bonchev–Trinajstić information content (AvgIpc) is 3.01. The molecular weight excluding hydrogens is 268 g/mol. The molecule has 6 heteroatoms. The molecular formula is C15H20N4O2. The summed E-state index contributed by atoms with van der Waals surface area (Å²) in [5.41, 5.74) is 1.43. The van der Waals surface area contributed by atoms with Gasteiger partial charge in [-0.05, 0) is 36.6 Å². The van der Waals surface area contributed by atoms with Crippen molar-refractivity contribution in [2.75, 3.05) is 6.54 Å². The van der Waals surface area contributed by atoms with E-state index in [1.165, 1.54) is 0 Å². The Bertz CT molecular complexity index is 564. The molecule has 1 amide bonds. The largest absolute Gasteiger partial charge is 0.393 e. The van der Waals surface area contributed by atoms with Gasteiger partial charge in [-0.2, -0.15) is 0 Å². The highest BCUT2D eigenvalue weighted by atomic mass is 16.3. The summed E-state index contributed by atoms with van der Waals surface area (Å²) in [6.45, 7) is 4.37. The second-order valence-electron chi connectivity index (χ2n) is 5.25. The van der Waals surface area contributed by atoms with Crippen LogP contribution >= 0.6 is 0 Å². The van der Waals surface area contributed by atoms with Crippen molar-refractivity contribution in [2.24, 2.45) is 5.92 Å². The number of carbonyl (C=O) groups is 1. The van der Waals surface area contributed by atoms with Crippen LogP contribution in [-0.4, -0.2) is 38.7 Å². The van der Waals surface area contributed by atoms with Crippen LogP contribution in [0.4, 0.5) is 0 Å². The van der Waals surface area contributed by atoms with Crippen molar-refractivity contribution in [3.8, 4) is 5.69 Å². The highest BCUT2D eigenvalue weighted by Gasteiger charge is 2.10. The summed E-state index contributed by atoms with van der Waals surface area (Å²) in [7, 11) is 0. The summed E-state index contributed by atoms with van der Waals surface area (Å²) in [6.07, 6.45) is 3.50. The minimum absolute atomic E-state index is 0.143. The molecule has 0 fully saturated rings. The highest BCUT2D eigenvalue weighted by Crippen LogP contribution is 2.08. The molecule has 21 heavy (non-hydrogen) atoms. The van der Waals surface area contributed by atoms with Gasteiger partial charge in [0, 0.05) is 12.1 Å².